The fourth-order valence-corrected chi connectivity index (χ4v) is 4.54. The number of anilines is 1. The van der Waals surface area contributed by atoms with E-state index in [0.717, 1.165) is 24.8 Å². The van der Waals surface area contributed by atoms with Crippen molar-refractivity contribution in [3.8, 4) is 5.69 Å². The van der Waals surface area contributed by atoms with Gasteiger partial charge in [-0.05, 0) is 51.4 Å². The Hall–Kier alpha value is -3.33. The number of carbonyl (C=O) groups is 1. The van der Waals surface area contributed by atoms with Crippen molar-refractivity contribution < 1.29 is 23.1 Å². The molecule has 3 aromatic rings. The maximum atomic E-state index is 15.5. The summed E-state index contributed by atoms with van der Waals surface area (Å²) in [6.07, 6.45) is 1.84. The van der Waals surface area contributed by atoms with E-state index < -0.39 is 34.4 Å². The van der Waals surface area contributed by atoms with E-state index >= 15 is 4.39 Å². The minimum atomic E-state index is -1.52. The van der Waals surface area contributed by atoms with Crippen molar-refractivity contribution in [2.24, 2.45) is 5.92 Å². The van der Waals surface area contributed by atoms with Crippen LogP contribution < -0.4 is 15.6 Å². The molecule has 2 aromatic carbocycles. The number of aromatic carboxylic acids is 1. The number of aryl methyl sites for hydroxylation is 1. The summed E-state index contributed by atoms with van der Waals surface area (Å²) in [4.78, 5) is 26.5. The van der Waals surface area contributed by atoms with Crippen molar-refractivity contribution in [1.82, 2.24) is 9.88 Å². The smallest absolute Gasteiger partial charge is 0.341 e. The maximum Gasteiger partial charge on any atom is 0.341 e. The van der Waals surface area contributed by atoms with Gasteiger partial charge in [-0.15, -0.1) is 0 Å². The first-order valence-electron chi connectivity index (χ1n) is 10.6. The number of aromatic nitrogens is 1. The van der Waals surface area contributed by atoms with Crippen molar-refractivity contribution >= 4 is 22.6 Å². The van der Waals surface area contributed by atoms with Gasteiger partial charge < -0.3 is 19.9 Å². The molecule has 4 rings (SSSR count). The van der Waals surface area contributed by atoms with Crippen LogP contribution in [0.3, 0.4) is 0 Å². The number of rotatable bonds is 5. The van der Waals surface area contributed by atoms with Crippen LogP contribution in [0.25, 0.3) is 16.6 Å². The van der Waals surface area contributed by atoms with Gasteiger partial charge in [0.25, 0.3) is 0 Å². The van der Waals surface area contributed by atoms with Crippen molar-refractivity contribution in [1.29, 1.82) is 0 Å². The number of fused-ring (bicyclic) bond motifs is 1. The lowest BCUT2D eigenvalue weighted by atomic mass is 10.0. The monoisotopic (exact) mass is 459 g/mol. The van der Waals surface area contributed by atoms with Crippen LogP contribution in [0.1, 0.15) is 29.3 Å². The van der Waals surface area contributed by atoms with E-state index in [-0.39, 0.29) is 39.8 Å². The Balaban J connectivity index is 2.00. The standard InChI is InChI=1S/C24H24F3N3O3/c1-12-21-19(9-20(22(12)27)29-7-6-14(10-29)13(2)28-3)30(11-16(23(21)31)24(32)33)18-5-4-15(25)8-17(18)26/h4-5,8-9,11,13-14,28H,6-7,10H2,1-3H3,(H,32,33). The molecule has 1 aliphatic heterocycles. The summed E-state index contributed by atoms with van der Waals surface area (Å²) >= 11 is 0. The highest BCUT2D eigenvalue weighted by Gasteiger charge is 2.30. The van der Waals surface area contributed by atoms with Gasteiger partial charge in [0.2, 0.25) is 5.43 Å². The highest BCUT2D eigenvalue weighted by molar-refractivity contribution is 5.95. The molecule has 2 atom stereocenters. The summed E-state index contributed by atoms with van der Waals surface area (Å²) in [5, 5.41) is 12.6. The van der Waals surface area contributed by atoms with Crippen molar-refractivity contribution in [3.63, 3.8) is 0 Å². The van der Waals surface area contributed by atoms with Crippen LogP contribution in [-0.4, -0.2) is 41.8 Å². The average molecular weight is 459 g/mol. The van der Waals surface area contributed by atoms with E-state index in [1.807, 2.05) is 11.9 Å². The van der Waals surface area contributed by atoms with Crippen LogP contribution >= 0.6 is 0 Å². The van der Waals surface area contributed by atoms with Gasteiger partial charge in [0.15, 0.2) is 0 Å². The second kappa shape index (κ2) is 8.55. The number of carboxylic acids is 1. The maximum absolute atomic E-state index is 15.5. The molecule has 33 heavy (non-hydrogen) atoms. The largest absolute Gasteiger partial charge is 0.477 e. The third-order valence-corrected chi connectivity index (χ3v) is 6.58. The molecule has 6 nitrogen and oxygen atoms in total. The first-order chi connectivity index (χ1) is 15.6. The molecule has 0 amide bonds. The number of halogens is 3. The van der Waals surface area contributed by atoms with Crippen molar-refractivity contribution in [2.75, 3.05) is 25.0 Å². The lowest BCUT2D eigenvalue weighted by Crippen LogP contribution is -2.33. The minimum absolute atomic E-state index is 0.0167. The Morgan fingerprint density at radius 3 is 2.58 bits per heavy atom. The van der Waals surface area contributed by atoms with Crippen LogP contribution in [0, 0.1) is 30.3 Å². The Bertz CT molecular complexity index is 1320. The van der Waals surface area contributed by atoms with E-state index in [9.17, 15) is 23.5 Å². The summed E-state index contributed by atoms with van der Waals surface area (Å²) < 4.78 is 44.9. The van der Waals surface area contributed by atoms with E-state index in [4.69, 9.17) is 0 Å². The van der Waals surface area contributed by atoms with Gasteiger partial charge in [0, 0.05) is 37.0 Å². The first kappa shape index (κ1) is 22.8. The zero-order chi connectivity index (χ0) is 24.0. The summed E-state index contributed by atoms with van der Waals surface area (Å²) in [5.41, 5.74) is -1.26. The van der Waals surface area contributed by atoms with Gasteiger partial charge in [0.05, 0.1) is 22.3 Å². The Morgan fingerprint density at radius 2 is 1.94 bits per heavy atom. The van der Waals surface area contributed by atoms with Crippen LogP contribution in [0.4, 0.5) is 18.9 Å². The molecular weight excluding hydrogens is 435 g/mol. The molecule has 0 saturated carbocycles. The number of nitrogens with one attached hydrogen (secondary N) is 1. The van der Waals surface area contributed by atoms with E-state index in [0.29, 0.717) is 19.2 Å². The molecule has 0 radical (unpaired) electrons. The molecular formula is C24H24F3N3O3. The van der Waals surface area contributed by atoms with Crippen molar-refractivity contribution in [2.45, 2.75) is 26.3 Å². The fraction of sp³-hybridized carbons (Fsp3) is 0.333. The van der Waals surface area contributed by atoms with Gasteiger partial charge in [-0.3, -0.25) is 4.79 Å². The molecule has 174 valence electrons. The second-order valence-corrected chi connectivity index (χ2v) is 8.44. The van der Waals surface area contributed by atoms with E-state index in [2.05, 4.69) is 12.2 Å². The molecule has 1 aromatic heterocycles. The molecule has 1 saturated heterocycles. The zero-order valence-electron chi connectivity index (χ0n) is 18.5. The van der Waals surface area contributed by atoms with Crippen LogP contribution in [0.15, 0.2) is 35.3 Å². The molecule has 0 aliphatic carbocycles. The van der Waals surface area contributed by atoms with E-state index in [1.165, 1.54) is 17.6 Å². The Morgan fingerprint density at radius 1 is 1.21 bits per heavy atom. The fourth-order valence-electron chi connectivity index (χ4n) is 4.54. The van der Waals surface area contributed by atoms with Gasteiger partial charge >= 0.3 is 5.97 Å². The molecule has 2 N–H and O–H groups in total. The summed E-state index contributed by atoms with van der Waals surface area (Å²) in [6, 6.07) is 4.52. The molecule has 0 spiro atoms. The third-order valence-electron chi connectivity index (χ3n) is 6.58. The number of hydrogen-bond donors (Lipinski definition) is 2. The predicted molar refractivity (Wildman–Crippen MR) is 120 cm³/mol. The second-order valence-electron chi connectivity index (χ2n) is 8.44. The first-order valence-corrected chi connectivity index (χ1v) is 10.6. The lowest BCUT2D eigenvalue weighted by molar-refractivity contribution is 0.0695. The Kier molecular flexibility index (Phi) is 5.92. The van der Waals surface area contributed by atoms with E-state index in [1.54, 1.807) is 0 Å². The van der Waals surface area contributed by atoms with Crippen LogP contribution in [-0.2, 0) is 0 Å². The van der Waals surface area contributed by atoms with Gasteiger partial charge in [-0.2, -0.15) is 0 Å². The molecule has 1 fully saturated rings. The molecule has 2 unspecified atom stereocenters. The van der Waals surface area contributed by atoms with Crippen molar-refractivity contribution in [3.05, 3.63) is 69.3 Å². The SMILES string of the molecule is CNC(C)C1CCN(c2cc3c(c(C)c2F)c(=O)c(C(=O)O)cn3-c2ccc(F)cc2F)C1. The lowest BCUT2D eigenvalue weighted by Gasteiger charge is -2.24. The number of nitrogens with zero attached hydrogens (tertiary/aromatic N) is 2. The molecule has 1 aliphatic rings. The molecule has 0 bridgehead atoms. The van der Waals surface area contributed by atoms with Crippen LogP contribution in [0.2, 0.25) is 0 Å². The summed E-state index contributed by atoms with van der Waals surface area (Å²) in [6.45, 7) is 4.65. The summed E-state index contributed by atoms with van der Waals surface area (Å²) in [7, 11) is 1.87. The Labute approximate surface area is 188 Å². The highest BCUT2D eigenvalue weighted by Crippen LogP contribution is 2.34. The highest BCUT2D eigenvalue weighted by atomic mass is 19.1. The minimum Gasteiger partial charge on any atom is -0.477 e. The van der Waals surface area contributed by atoms with Crippen LogP contribution in [0.5, 0.6) is 0 Å². The predicted octanol–water partition coefficient (Wildman–Crippen LogP) is 3.85. The number of benzene rings is 2. The normalized spacial score (nSPS) is 17.0. The van der Waals surface area contributed by atoms with Gasteiger partial charge in [-0.1, -0.05) is 0 Å². The topological polar surface area (TPSA) is 74.6 Å². The molecule has 2 heterocycles. The van der Waals surface area contributed by atoms with Gasteiger partial charge in [0.1, 0.15) is 23.0 Å². The third kappa shape index (κ3) is 3.86. The summed E-state index contributed by atoms with van der Waals surface area (Å²) in [5.74, 6) is -3.60. The quantitative estimate of drug-likeness (QED) is 0.606. The number of carboxylic acid groups (broad SMARTS) is 1. The zero-order valence-corrected chi connectivity index (χ0v) is 18.5. The molecule has 9 heteroatoms. The number of hydrogen-bond acceptors (Lipinski definition) is 4. The average Bonchev–Trinajstić information content (AvgIpc) is 3.26. The number of pyridine rings is 1. The van der Waals surface area contributed by atoms with Gasteiger partial charge in [-0.25, -0.2) is 18.0 Å².